The van der Waals surface area contributed by atoms with Crippen molar-refractivity contribution in [3.05, 3.63) is 0 Å². The van der Waals surface area contributed by atoms with E-state index in [4.69, 9.17) is 34.4 Å². The molecule has 4 radical (unpaired) electrons. The van der Waals surface area contributed by atoms with Gasteiger partial charge in [-0.05, 0) is 6.92 Å². The summed E-state index contributed by atoms with van der Waals surface area (Å²) in [4.78, 5) is 13.5. The van der Waals surface area contributed by atoms with E-state index in [1.165, 1.54) is 0 Å². The van der Waals surface area contributed by atoms with Crippen molar-refractivity contribution in [1.29, 1.82) is 0 Å². The van der Waals surface area contributed by atoms with Crippen LogP contribution in [0.2, 0.25) is 0 Å². The number of carbonyl (C=O) groups excluding carboxylic acids is 1. The van der Waals surface area contributed by atoms with E-state index >= 15 is 0 Å². The first kappa shape index (κ1) is 25.2. The lowest BCUT2D eigenvalue weighted by Crippen LogP contribution is -2.54. The molecule has 0 saturated carbocycles. The van der Waals surface area contributed by atoms with Gasteiger partial charge in [0, 0.05) is 77.9 Å². The largest absolute Gasteiger partial charge is 0.380 e. The van der Waals surface area contributed by atoms with Crippen LogP contribution in [0.25, 0.3) is 0 Å². The summed E-state index contributed by atoms with van der Waals surface area (Å²) in [6.45, 7) is 8.18. The molecule has 0 spiro atoms. The maximum atomic E-state index is 14.4. The summed E-state index contributed by atoms with van der Waals surface area (Å²) in [6.07, 6.45) is -0.607. The zero-order valence-corrected chi connectivity index (χ0v) is 19.4. The molecule has 0 aromatic heterocycles. The molecule has 3 rings (SSSR count). The van der Waals surface area contributed by atoms with Crippen LogP contribution in [0.5, 0.6) is 0 Å². The number of carbonyl (C=O) groups is 1. The Hall–Kier alpha value is -0.450. The van der Waals surface area contributed by atoms with Gasteiger partial charge in [0.2, 0.25) is 5.91 Å². The minimum absolute atomic E-state index is 0.0104. The van der Waals surface area contributed by atoms with Crippen LogP contribution >= 0.6 is 7.67 Å². The average Bonchev–Trinajstić information content (AvgIpc) is 2.76. The van der Waals surface area contributed by atoms with Crippen LogP contribution in [0.15, 0.2) is 0 Å². The topological polar surface area (TPSA) is 92.8 Å². The fourth-order valence-corrected chi connectivity index (χ4v) is 6.50. The number of rotatable bonds is 8. The lowest BCUT2D eigenvalue weighted by molar-refractivity contribution is -0.130. The first-order valence-electron chi connectivity index (χ1n) is 10.9. The van der Waals surface area contributed by atoms with Crippen molar-refractivity contribution in [2.45, 2.75) is 38.1 Å². The average molecular weight is 454 g/mol. The summed E-state index contributed by atoms with van der Waals surface area (Å²) in [5.41, 5.74) is 0. The Labute approximate surface area is 187 Å². The zero-order chi connectivity index (χ0) is 22.4. The zero-order valence-electron chi connectivity index (χ0n) is 18.5. The molecule has 1 amide bonds. The van der Waals surface area contributed by atoms with E-state index in [2.05, 4.69) is 5.32 Å². The summed E-state index contributed by atoms with van der Waals surface area (Å²) in [6, 6.07) is -1.02. The van der Waals surface area contributed by atoms with E-state index < -0.39 is 19.7 Å². The smallest absolute Gasteiger partial charge is 0.346 e. The van der Waals surface area contributed by atoms with Crippen molar-refractivity contribution in [3.63, 3.8) is 0 Å². The normalized spacial score (nSPS) is 33.2. The first-order chi connectivity index (χ1) is 14.8. The molecule has 31 heavy (non-hydrogen) atoms. The molecule has 5 unspecified atom stereocenters. The Morgan fingerprint density at radius 3 is 2.39 bits per heavy atom. The van der Waals surface area contributed by atoms with Crippen LogP contribution in [0.4, 0.5) is 0 Å². The van der Waals surface area contributed by atoms with Crippen LogP contribution in [0.1, 0.15) is 13.8 Å². The molecular formula is C18H33B2N4O6P. The highest BCUT2D eigenvalue weighted by Crippen LogP contribution is 2.55. The van der Waals surface area contributed by atoms with Crippen molar-refractivity contribution in [3.8, 4) is 0 Å². The Bertz CT molecular complexity index is 642. The standard InChI is InChI=1S/C18H33B2N4O6P/c1-3-27-12-16-10-24(11-18(20)30-16)31(26,23-6-4-22(5-7-23)14(2)25)28-13-15-8-21-9-17(19)29-15/h15-18,21H,3-13H2,1-2H3. The highest BCUT2D eigenvalue weighted by Gasteiger charge is 2.44. The molecule has 3 saturated heterocycles. The van der Waals surface area contributed by atoms with Crippen LogP contribution < -0.4 is 5.32 Å². The molecule has 3 fully saturated rings. The second kappa shape index (κ2) is 11.6. The number of nitrogens with zero attached hydrogens (tertiary/aromatic N) is 3. The van der Waals surface area contributed by atoms with Crippen molar-refractivity contribution in [2.24, 2.45) is 0 Å². The molecule has 172 valence electrons. The van der Waals surface area contributed by atoms with E-state index in [1.54, 1.807) is 16.5 Å². The summed E-state index contributed by atoms with van der Waals surface area (Å²) < 4.78 is 41.1. The fourth-order valence-electron chi connectivity index (χ4n) is 4.01. The quantitative estimate of drug-likeness (QED) is 0.366. The van der Waals surface area contributed by atoms with Crippen LogP contribution in [0, 0.1) is 0 Å². The van der Waals surface area contributed by atoms with Gasteiger partial charge in [0.05, 0.1) is 25.4 Å². The third-order valence-electron chi connectivity index (χ3n) is 5.61. The highest BCUT2D eigenvalue weighted by atomic mass is 31.2. The monoisotopic (exact) mass is 454 g/mol. The number of hydrogen-bond donors (Lipinski definition) is 1. The minimum Gasteiger partial charge on any atom is -0.380 e. The molecule has 3 heterocycles. The Balaban J connectivity index is 1.73. The predicted molar refractivity (Wildman–Crippen MR) is 117 cm³/mol. The SMILES string of the molecule is [B]C1CNCC(COP(=O)(N2CCN(C(C)=O)CC2)N2CC([B])OC(COCC)C2)O1. The van der Waals surface area contributed by atoms with E-state index in [9.17, 15) is 9.36 Å². The van der Waals surface area contributed by atoms with Gasteiger partial charge in [-0.2, -0.15) is 0 Å². The molecule has 10 nitrogen and oxygen atoms in total. The number of piperazine rings is 1. The second-order valence-corrected chi connectivity index (χ2v) is 10.4. The lowest BCUT2D eigenvalue weighted by atomic mass is 9.98. The lowest BCUT2D eigenvalue weighted by Gasteiger charge is -2.46. The van der Waals surface area contributed by atoms with E-state index in [-0.39, 0.29) is 31.3 Å². The Morgan fingerprint density at radius 1 is 1.03 bits per heavy atom. The maximum absolute atomic E-state index is 14.4. The molecular weight excluding hydrogens is 421 g/mol. The van der Waals surface area contributed by atoms with Crippen molar-refractivity contribution < 1.29 is 28.1 Å². The number of morpholine rings is 2. The second-order valence-electron chi connectivity index (χ2n) is 8.03. The van der Waals surface area contributed by atoms with Crippen molar-refractivity contribution in [2.75, 3.05) is 72.2 Å². The molecule has 0 aromatic rings. The van der Waals surface area contributed by atoms with Gasteiger partial charge in [0.15, 0.2) is 0 Å². The minimum atomic E-state index is -3.46. The molecule has 13 heteroatoms. The fraction of sp³-hybridized carbons (Fsp3) is 0.944. The number of nitrogens with one attached hydrogen (secondary N) is 1. The van der Waals surface area contributed by atoms with Gasteiger partial charge in [0.25, 0.3) is 0 Å². The van der Waals surface area contributed by atoms with Gasteiger partial charge in [-0.1, -0.05) is 0 Å². The molecule has 5 atom stereocenters. The predicted octanol–water partition coefficient (Wildman–Crippen LogP) is -1.01. The number of hydrogen-bond acceptors (Lipinski definition) is 7. The van der Waals surface area contributed by atoms with Crippen LogP contribution in [-0.4, -0.2) is 132 Å². The van der Waals surface area contributed by atoms with E-state index in [0.717, 1.165) is 0 Å². The van der Waals surface area contributed by atoms with E-state index in [0.29, 0.717) is 59.0 Å². The van der Waals surface area contributed by atoms with Crippen molar-refractivity contribution in [1.82, 2.24) is 19.6 Å². The van der Waals surface area contributed by atoms with Gasteiger partial charge in [-0.15, -0.1) is 0 Å². The first-order valence-corrected chi connectivity index (χ1v) is 12.5. The third kappa shape index (κ3) is 6.77. The maximum Gasteiger partial charge on any atom is 0.346 e. The Kier molecular flexibility index (Phi) is 9.43. The molecule has 0 bridgehead atoms. The van der Waals surface area contributed by atoms with Gasteiger partial charge < -0.3 is 29.0 Å². The summed E-state index contributed by atoms with van der Waals surface area (Å²) in [5, 5.41) is 3.19. The van der Waals surface area contributed by atoms with Crippen LogP contribution in [0.3, 0.4) is 0 Å². The van der Waals surface area contributed by atoms with Crippen molar-refractivity contribution >= 4 is 29.3 Å². The third-order valence-corrected chi connectivity index (χ3v) is 8.25. The van der Waals surface area contributed by atoms with Crippen LogP contribution in [-0.2, 0) is 28.1 Å². The molecule has 3 aliphatic rings. The molecule has 0 aromatic carbocycles. The summed E-state index contributed by atoms with van der Waals surface area (Å²) >= 11 is 0. The van der Waals surface area contributed by atoms with Gasteiger partial charge >= 0.3 is 7.67 Å². The number of amides is 1. The Morgan fingerprint density at radius 2 is 1.74 bits per heavy atom. The molecule has 0 aliphatic carbocycles. The molecule has 3 aliphatic heterocycles. The summed E-state index contributed by atoms with van der Waals surface area (Å²) in [7, 11) is 8.52. The highest BCUT2D eigenvalue weighted by molar-refractivity contribution is 7.54. The van der Waals surface area contributed by atoms with Gasteiger partial charge in [0.1, 0.15) is 15.7 Å². The number of ether oxygens (including phenoxy) is 3. The summed E-state index contributed by atoms with van der Waals surface area (Å²) in [5.74, 6) is 0.0104. The van der Waals surface area contributed by atoms with Gasteiger partial charge in [-0.25, -0.2) is 9.34 Å². The molecule has 1 N–H and O–H groups in total. The van der Waals surface area contributed by atoms with Gasteiger partial charge in [-0.3, -0.25) is 9.36 Å². The van der Waals surface area contributed by atoms with E-state index in [1.807, 2.05) is 11.6 Å².